The zero-order valence-corrected chi connectivity index (χ0v) is 40.0. The molecule has 390 valence electrons. The van der Waals surface area contributed by atoms with Crippen LogP contribution < -0.4 is 47.9 Å². The fraction of sp³-hybridized carbons (Fsp3) is 0.500. The van der Waals surface area contributed by atoms with Crippen molar-refractivity contribution < 1.29 is 78.5 Å². The van der Waals surface area contributed by atoms with E-state index in [-0.39, 0.29) is 12.0 Å². The van der Waals surface area contributed by atoms with Gasteiger partial charge in [0.1, 0.15) is 48.6 Å². The smallest absolute Gasteiger partial charge is 0.332 e. The number of amides is 8. The number of aliphatic hydroxyl groups excluding tert-OH is 6. The van der Waals surface area contributed by atoms with Crippen LogP contribution in [0.3, 0.4) is 0 Å². The first-order valence-electron chi connectivity index (χ1n) is 22.5. The van der Waals surface area contributed by atoms with Crippen LogP contribution in [0.5, 0.6) is 0 Å². The molecule has 11 atom stereocenters. The van der Waals surface area contributed by atoms with Gasteiger partial charge in [-0.2, -0.15) is 0 Å². The fourth-order valence-corrected chi connectivity index (χ4v) is 6.71. The summed E-state index contributed by atoms with van der Waals surface area (Å²) in [6, 6.07) is 4.81. The number of esters is 1. The second kappa shape index (κ2) is 28.1. The molecule has 2 aromatic carbocycles. The summed E-state index contributed by atoms with van der Waals surface area (Å²) < 4.78 is 4.65. The van der Waals surface area contributed by atoms with E-state index in [1.54, 1.807) is 19.1 Å². The maximum absolute atomic E-state index is 14.0. The average Bonchev–Trinajstić information content (AvgIpc) is 3.35. The van der Waals surface area contributed by atoms with Gasteiger partial charge in [-0.25, -0.2) is 4.79 Å². The summed E-state index contributed by atoms with van der Waals surface area (Å²) in [5.74, 6) is -11.2. The van der Waals surface area contributed by atoms with Gasteiger partial charge in [-0.05, 0) is 43.4 Å². The number of aliphatic hydroxyl groups is 6. The third kappa shape index (κ3) is 17.5. The highest BCUT2D eigenvalue weighted by Crippen LogP contribution is 2.19. The Balaban J connectivity index is 1.99. The molecule has 1 saturated heterocycles. The SMILES string of the molecule is C/C=C(/C)C(=O)NCC1NC(=O)C(C(=O)OC)NC(O)C(O)CNC(=O)C(C(C)O)NC(=O)C(C(O)C(O)CNC(=O)Cc2ccc(-c3ccccc3)cc2)NC(=O)C(C(C)C)NC(=O)C(CO)NC1=O. The lowest BCUT2D eigenvalue weighted by atomic mass is 9.99. The number of allylic oxidation sites excluding steroid dienone is 1. The molecule has 1 aliphatic heterocycles. The number of hydrogen-bond donors (Lipinski definition) is 15. The molecule has 0 bridgehead atoms. The first-order valence-corrected chi connectivity index (χ1v) is 22.5. The van der Waals surface area contributed by atoms with Crippen LogP contribution in [0.15, 0.2) is 66.2 Å². The minimum absolute atomic E-state index is 0.162. The molecule has 2 aromatic rings. The summed E-state index contributed by atoms with van der Waals surface area (Å²) in [7, 11) is 0.864. The largest absolute Gasteiger partial charge is 0.467 e. The van der Waals surface area contributed by atoms with Crippen molar-refractivity contribution in [3.05, 3.63) is 71.8 Å². The Hall–Kier alpha value is -6.87. The number of ether oxygens (including phenoxy) is 1. The molecule has 0 saturated carbocycles. The standard InChI is InChI=1S/C46H65N9O16/c1-7-23(4)38(62)48-18-28-39(63)51-29(21-56)40(64)52-33(22(2)3)43(67)54-35(37(61)30(58)19-47-32(60)17-25-13-15-27(16-14-25)26-11-9-8-10-12-26)44(68)53-34(24(5)57)42(66)49-20-31(59)41(65)55-36(45(69)50-28)46(70)71-6/h7-16,22,24,28-31,33-37,41,55-59,61,65H,17-21H2,1-6H3,(H,47,60)(H,48,62)(H,49,66)(H,50,69)(H,51,63)(H,52,64)(H,53,68)(H,54,67)/b23-7-. The lowest BCUT2D eigenvalue weighted by Gasteiger charge is -2.32. The number of methoxy groups -OCH3 is 1. The molecular formula is C46H65N9O16. The molecular weight excluding hydrogens is 935 g/mol. The Morgan fingerprint density at radius 1 is 0.732 bits per heavy atom. The number of benzene rings is 2. The molecule has 0 radical (unpaired) electrons. The predicted octanol–water partition coefficient (Wildman–Crippen LogP) is -5.79. The second-order valence-electron chi connectivity index (χ2n) is 16.9. The average molecular weight is 1000 g/mol. The van der Waals surface area contributed by atoms with Gasteiger partial charge in [0.2, 0.25) is 47.3 Å². The molecule has 8 amide bonds. The second-order valence-corrected chi connectivity index (χ2v) is 16.9. The summed E-state index contributed by atoms with van der Waals surface area (Å²) in [6.45, 7) is 3.52. The Morgan fingerprint density at radius 2 is 1.30 bits per heavy atom. The number of carbonyl (C=O) groups excluding carboxylic acids is 9. The number of hydrogen-bond acceptors (Lipinski definition) is 17. The number of β-amino-alcohol motifs (C(OH)–C–C–N with tert-alkyl or cyclic N) is 1. The monoisotopic (exact) mass is 999 g/mol. The Bertz CT molecular complexity index is 2210. The van der Waals surface area contributed by atoms with Crippen LogP contribution in [0.2, 0.25) is 0 Å². The topological polar surface area (TPSA) is 393 Å². The minimum atomic E-state index is -2.28. The Kier molecular flexibility index (Phi) is 23.1. The van der Waals surface area contributed by atoms with E-state index in [1.807, 2.05) is 42.5 Å². The van der Waals surface area contributed by atoms with Crippen LogP contribution in [0, 0.1) is 5.92 Å². The molecule has 1 fully saturated rings. The summed E-state index contributed by atoms with van der Waals surface area (Å²) in [6.07, 6.45) is -9.06. The van der Waals surface area contributed by atoms with Gasteiger partial charge in [-0.3, -0.25) is 43.7 Å². The normalized spacial score (nSPS) is 24.9. The molecule has 1 heterocycles. The quantitative estimate of drug-likeness (QED) is 0.0476. The van der Waals surface area contributed by atoms with Gasteiger partial charge in [0.25, 0.3) is 0 Å². The van der Waals surface area contributed by atoms with Gasteiger partial charge in [-0.1, -0.05) is 74.5 Å². The molecule has 25 heteroatoms. The van der Waals surface area contributed by atoms with E-state index in [4.69, 9.17) is 0 Å². The van der Waals surface area contributed by atoms with Crippen LogP contribution in [0.4, 0.5) is 0 Å². The lowest BCUT2D eigenvalue weighted by Crippen LogP contribution is -2.66. The van der Waals surface area contributed by atoms with Crippen LogP contribution in [-0.4, -0.2) is 184 Å². The third-order valence-corrected chi connectivity index (χ3v) is 11.2. The molecule has 1 aliphatic rings. The molecule has 25 nitrogen and oxygen atoms in total. The first-order chi connectivity index (χ1) is 33.5. The predicted molar refractivity (Wildman–Crippen MR) is 250 cm³/mol. The van der Waals surface area contributed by atoms with E-state index < -0.39 is 152 Å². The van der Waals surface area contributed by atoms with Gasteiger partial charge in [0.05, 0.1) is 32.3 Å². The van der Waals surface area contributed by atoms with Gasteiger partial charge >= 0.3 is 5.97 Å². The van der Waals surface area contributed by atoms with E-state index in [2.05, 4.69) is 52.6 Å². The Labute approximate surface area is 408 Å². The lowest BCUT2D eigenvalue weighted by molar-refractivity contribution is -0.150. The third-order valence-electron chi connectivity index (χ3n) is 11.2. The fourth-order valence-electron chi connectivity index (χ4n) is 6.71. The van der Waals surface area contributed by atoms with Crippen LogP contribution in [-0.2, 0) is 54.3 Å². The molecule has 3 rings (SSSR count). The summed E-state index contributed by atoms with van der Waals surface area (Å²) in [5, 5.41) is 85.2. The zero-order chi connectivity index (χ0) is 53.1. The van der Waals surface area contributed by atoms with Gasteiger partial charge in [-0.15, -0.1) is 0 Å². The van der Waals surface area contributed by atoms with Crippen molar-refractivity contribution in [2.24, 2.45) is 5.92 Å². The van der Waals surface area contributed by atoms with Crippen molar-refractivity contribution in [2.45, 2.75) is 108 Å². The first kappa shape index (κ1) is 58.4. The molecule has 11 unspecified atom stereocenters. The highest BCUT2D eigenvalue weighted by molar-refractivity contribution is 6.04. The van der Waals surface area contributed by atoms with Gasteiger partial charge in [0, 0.05) is 25.2 Å². The minimum Gasteiger partial charge on any atom is -0.467 e. The van der Waals surface area contributed by atoms with Crippen molar-refractivity contribution in [1.82, 2.24) is 47.9 Å². The van der Waals surface area contributed by atoms with E-state index in [9.17, 15) is 73.8 Å². The number of rotatable bonds is 14. The zero-order valence-electron chi connectivity index (χ0n) is 40.0. The van der Waals surface area contributed by atoms with Crippen LogP contribution >= 0.6 is 0 Å². The summed E-state index contributed by atoms with van der Waals surface area (Å²) in [5.41, 5.74) is 2.62. The number of nitrogens with one attached hydrogen (secondary N) is 9. The van der Waals surface area contributed by atoms with Crippen LogP contribution in [0.25, 0.3) is 11.1 Å². The van der Waals surface area contributed by atoms with E-state index >= 15 is 0 Å². The molecule has 15 N–H and O–H groups in total. The van der Waals surface area contributed by atoms with E-state index in [0.29, 0.717) is 5.56 Å². The van der Waals surface area contributed by atoms with Gasteiger partial charge < -0.3 is 77.9 Å². The summed E-state index contributed by atoms with van der Waals surface area (Å²) >= 11 is 0. The molecule has 0 aromatic heterocycles. The maximum atomic E-state index is 14.0. The van der Waals surface area contributed by atoms with Crippen molar-refractivity contribution in [3.63, 3.8) is 0 Å². The van der Waals surface area contributed by atoms with E-state index in [1.165, 1.54) is 26.8 Å². The van der Waals surface area contributed by atoms with Crippen LogP contribution in [0.1, 0.15) is 40.2 Å². The molecule has 0 spiro atoms. The van der Waals surface area contributed by atoms with Crippen molar-refractivity contribution in [2.75, 3.05) is 33.4 Å². The summed E-state index contributed by atoms with van der Waals surface area (Å²) in [4.78, 5) is 121. The van der Waals surface area contributed by atoms with Crippen molar-refractivity contribution in [3.8, 4) is 11.1 Å². The van der Waals surface area contributed by atoms with Crippen molar-refractivity contribution in [1.29, 1.82) is 0 Å². The van der Waals surface area contributed by atoms with Crippen molar-refractivity contribution >= 4 is 53.2 Å². The highest BCUT2D eigenvalue weighted by atomic mass is 16.5. The van der Waals surface area contributed by atoms with Gasteiger partial charge in [0.15, 0.2) is 6.04 Å². The highest BCUT2D eigenvalue weighted by Gasteiger charge is 2.40. The maximum Gasteiger partial charge on any atom is 0.332 e. The Morgan fingerprint density at radius 3 is 1.87 bits per heavy atom. The van der Waals surface area contributed by atoms with E-state index in [0.717, 1.165) is 25.2 Å². The number of carbonyl (C=O) groups is 9. The molecule has 0 aliphatic carbocycles. The molecule has 71 heavy (non-hydrogen) atoms.